The molecule has 76 valence electrons. The molecular weight excluding hydrogens is 198 g/mol. The quantitative estimate of drug-likeness (QED) is 0.703. The summed E-state index contributed by atoms with van der Waals surface area (Å²) in [5.41, 5.74) is 4.71. The van der Waals surface area contributed by atoms with Crippen molar-refractivity contribution in [2.24, 2.45) is 0 Å². The van der Waals surface area contributed by atoms with Gasteiger partial charge in [-0.15, -0.1) is 11.8 Å². The second kappa shape index (κ2) is 5.02. The van der Waals surface area contributed by atoms with Gasteiger partial charge in [0.1, 0.15) is 6.04 Å². The number of benzene rings is 1. The maximum Gasteiger partial charge on any atom is 0.115 e. The molecule has 1 atom stereocenters. The molecule has 14 heavy (non-hydrogen) atoms. The van der Waals surface area contributed by atoms with E-state index in [0.29, 0.717) is 0 Å². The highest BCUT2D eigenvalue weighted by atomic mass is 32.2. The Labute approximate surface area is 87.3 Å². The lowest BCUT2D eigenvalue weighted by atomic mass is 10.1. The minimum Gasteiger partial charge on any atom is -0.550 e. The van der Waals surface area contributed by atoms with E-state index in [4.69, 9.17) is 0 Å². The van der Waals surface area contributed by atoms with Gasteiger partial charge in [0.25, 0.3) is 0 Å². The largest absolute Gasteiger partial charge is 0.550 e. The summed E-state index contributed by atoms with van der Waals surface area (Å²) >= 11 is 1.65. The molecule has 0 aliphatic carbocycles. The minimum absolute atomic E-state index is 0.0292. The van der Waals surface area contributed by atoms with Crippen LogP contribution in [-0.4, -0.2) is 12.2 Å². The molecule has 1 aromatic rings. The van der Waals surface area contributed by atoms with Crippen molar-refractivity contribution in [3.8, 4) is 0 Å². The Morgan fingerprint density at radius 1 is 1.50 bits per heavy atom. The van der Waals surface area contributed by atoms with E-state index < -0.39 is 5.97 Å². The Balaban J connectivity index is 2.71. The summed E-state index contributed by atoms with van der Waals surface area (Å²) in [4.78, 5) is 11.5. The zero-order valence-electron chi connectivity index (χ0n) is 8.03. The fraction of sp³-hybridized carbons (Fsp3) is 0.300. The van der Waals surface area contributed by atoms with Gasteiger partial charge in [0.15, 0.2) is 0 Å². The Morgan fingerprint density at radius 2 is 2.07 bits per heavy atom. The van der Waals surface area contributed by atoms with Crippen molar-refractivity contribution in [3.05, 3.63) is 29.8 Å². The van der Waals surface area contributed by atoms with Gasteiger partial charge in [-0.25, -0.2) is 0 Å². The van der Waals surface area contributed by atoms with Crippen molar-refractivity contribution >= 4 is 17.7 Å². The van der Waals surface area contributed by atoms with Crippen LogP contribution in [0.3, 0.4) is 0 Å². The lowest BCUT2D eigenvalue weighted by Crippen LogP contribution is -2.55. The van der Waals surface area contributed by atoms with E-state index in [9.17, 15) is 9.90 Å². The van der Waals surface area contributed by atoms with Gasteiger partial charge < -0.3 is 15.6 Å². The molecule has 0 radical (unpaired) electrons. The minimum atomic E-state index is -1.06. The van der Waals surface area contributed by atoms with Crippen molar-refractivity contribution in [1.82, 2.24) is 0 Å². The first kappa shape index (κ1) is 11.1. The van der Waals surface area contributed by atoms with Gasteiger partial charge in [-0.2, -0.15) is 0 Å². The number of carboxylic acids is 1. The maximum absolute atomic E-state index is 10.4. The highest BCUT2D eigenvalue weighted by molar-refractivity contribution is 7.98. The summed E-state index contributed by atoms with van der Waals surface area (Å²) in [5.74, 6) is -1.06. The fourth-order valence-corrected chi connectivity index (χ4v) is 1.60. The topological polar surface area (TPSA) is 67.8 Å². The molecule has 3 N–H and O–H groups in total. The van der Waals surface area contributed by atoms with Crippen LogP contribution in [0.15, 0.2) is 29.2 Å². The lowest BCUT2D eigenvalue weighted by molar-refractivity contribution is -0.430. The standard InChI is InChI=1S/C10H13NO2S/c1-14-8-4-2-7(3-5-8)9(11)6-10(12)13/h2-5,9H,6,11H2,1H3,(H,12,13)/t9-/m1/s1. The van der Waals surface area contributed by atoms with Gasteiger partial charge >= 0.3 is 0 Å². The van der Waals surface area contributed by atoms with Crippen molar-refractivity contribution in [2.75, 3.05) is 6.26 Å². The third-order valence-corrected chi connectivity index (χ3v) is 2.74. The molecular formula is C10H13NO2S. The Kier molecular flexibility index (Phi) is 3.98. The van der Waals surface area contributed by atoms with Crippen LogP contribution in [-0.2, 0) is 4.79 Å². The summed E-state index contributed by atoms with van der Waals surface area (Å²) in [6.45, 7) is 0. The lowest BCUT2D eigenvalue weighted by Gasteiger charge is -2.09. The van der Waals surface area contributed by atoms with E-state index >= 15 is 0 Å². The molecule has 0 aliphatic heterocycles. The molecule has 0 saturated heterocycles. The Hall–Kier alpha value is -1.00. The average molecular weight is 211 g/mol. The number of thioether (sulfide) groups is 1. The predicted octanol–water partition coefficient (Wildman–Crippen LogP) is -0.168. The summed E-state index contributed by atoms with van der Waals surface area (Å²) < 4.78 is 0. The molecule has 1 rings (SSSR count). The molecule has 0 spiro atoms. The second-order valence-corrected chi connectivity index (χ2v) is 3.93. The molecule has 0 bridgehead atoms. The van der Waals surface area contributed by atoms with Crippen LogP contribution >= 0.6 is 11.8 Å². The molecule has 0 aromatic heterocycles. The van der Waals surface area contributed by atoms with Gasteiger partial charge in [-0.1, -0.05) is 12.1 Å². The van der Waals surface area contributed by atoms with Crippen molar-refractivity contribution in [2.45, 2.75) is 17.4 Å². The second-order valence-electron chi connectivity index (χ2n) is 3.05. The number of aliphatic carboxylic acids is 1. The maximum atomic E-state index is 10.4. The van der Waals surface area contributed by atoms with Gasteiger partial charge in [-0.05, 0) is 18.4 Å². The molecule has 0 fully saturated rings. The summed E-state index contributed by atoms with van der Waals surface area (Å²) in [6, 6.07) is 7.52. The van der Waals surface area contributed by atoms with Crippen LogP contribution in [0.1, 0.15) is 18.0 Å². The molecule has 1 aromatic carbocycles. The molecule has 4 heteroatoms. The van der Waals surface area contributed by atoms with Crippen LogP contribution in [0, 0.1) is 0 Å². The van der Waals surface area contributed by atoms with E-state index in [-0.39, 0.29) is 12.5 Å². The third kappa shape index (κ3) is 3.05. The first-order valence-corrected chi connectivity index (χ1v) is 5.53. The SMILES string of the molecule is CSc1ccc([C@H]([NH3+])CC(=O)[O-])cc1. The smallest absolute Gasteiger partial charge is 0.115 e. The van der Waals surface area contributed by atoms with Gasteiger partial charge in [0.05, 0.1) is 0 Å². The van der Waals surface area contributed by atoms with Crippen molar-refractivity contribution in [3.63, 3.8) is 0 Å². The molecule has 0 saturated carbocycles. The highest BCUT2D eigenvalue weighted by Crippen LogP contribution is 2.18. The van der Waals surface area contributed by atoms with Crippen LogP contribution < -0.4 is 10.8 Å². The monoisotopic (exact) mass is 211 g/mol. The average Bonchev–Trinajstić information content (AvgIpc) is 2.17. The van der Waals surface area contributed by atoms with E-state index in [1.54, 1.807) is 11.8 Å². The summed E-state index contributed by atoms with van der Waals surface area (Å²) in [7, 11) is 0. The zero-order chi connectivity index (χ0) is 10.6. The number of rotatable bonds is 4. The van der Waals surface area contributed by atoms with Gasteiger partial charge in [0.2, 0.25) is 0 Å². The molecule has 0 heterocycles. The number of hydrogen-bond donors (Lipinski definition) is 1. The predicted molar refractivity (Wildman–Crippen MR) is 53.5 cm³/mol. The van der Waals surface area contributed by atoms with Crippen LogP contribution in [0.4, 0.5) is 0 Å². The number of carbonyl (C=O) groups is 1. The summed E-state index contributed by atoms with van der Waals surface area (Å²) in [6.07, 6.45) is 1.97. The zero-order valence-corrected chi connectivity index (χ0v) is 8.84. The van der Waals surface area contributed by atoms with Crippen LogP contribution in [0.25, 0.3) is 0 Å². The fourth-order valence-electron chi connectivity index (χ4n) is 1.20. The highest BCUT2D eigenvalue weighted by Gasteiger charge is 2.09. The first-order valence-electron chi connectivity index (χ1n) is 4.30. The summed E-state index contributed by atoms with van der Waals surface area (Å²) in [5, 5.41) is 10.4. The Morgan fingerprint density at radius 3 is 2.50 bits per heavy atom. The normalized spacial score (nSPS) is 12.4. The van der Waals surface area contributed by atoms with Crippen molar-refractivity contribution in [1.29, 1.82) is 0 Å². The molecule has 0 aliphatic rings. The molecule has 0 unspecified atom stereocenters. The van der Waals surface area contributed by atoms with Crippen molar-refractivity contribution < 1.29 is 15.6 Å². The van der Waals surface area contributed by atoms with E-state index in [2.05, 4.69) is 5.73 Å². The number of hydrogen-bond acceptors (Lipinski definition) is 3. The molecule has 0 amide bonds. The number of quaternary nitrogens is 1. The number of carbonyl (C=O) groups excluding carboxylic acids is 1. The number of carboxylic acid groups (broad SMARTS) is 1. The van der Waals surface area contributed by atoms with E-state index in [1.165, 1.54) is 0 Å². The first-order chi connectivity index (χ1) is 6.63. The van der Waals surface area contributed by atoms with Crippen LogP contribution in [0.5, 0.6) is 0 Å². The third-order valence-electron chi connectivity index (χ3n) is 2.00. The van der Waals surface area contributed by atoms with Gasteiger partial charge in [0, 0.05) is 22.8 Å². The molecule has 3 nitrogen and oxygen atoms in total. The van der Waals surface area contributed by atoms with Crippen LogP contribution in [0.2, 0.25) is 0 Å². The Bertz CT molecular complexity index is 310. The van der Waals surface area contributed by atoms with Gasteiger partial charge in [-0.3, -0.25) is 0 Å². The van der Waals surface area contributed by atoms with E-state index in [0.717, 1.165) is 10.5 Å². The van der Waals surface area contributed by atoms with E-state index in [1.807, 2.05) is 30.5 Å².